The Balaban J connectivity index is 2.11. The first-order valence-electron chi connectivity index (χ1n) is 6.58. The Morgan fingerprint density at radius 1 is 1.53 bits per heavy atom. The maximum absolute atomic E-state index is 11.8. The van der Waals surface area contributed by atoms with Crippen molar-refractivity contribution in [2.75, 3.05) is 23.3 Å². The van der Waals surface area contributed by atoms with E-state index < -0.39 is 0 Å². The van der Waals surface area contributed by atoms with E-state index in [0.29, 0.717) is 13.1 Å². The first-order valence-corrected chi connectivity index (χ1v) is 6.58. The number of anilines is 2. The Bertz CT molecular complexity index is 487. The van der Waals surface area contributed by atoms with Crippen LogP contribution < -0.4 is 15.5 Å². The van der Waals surface area contributed by atoms with Crippen molar-refractivity contribution in [3.8, 4) is 0 Å². The van der Waals surface area contributed by atoms with Crippen molar-refractivity contribution < 1.29 is 9.59 Å². The molecule has 1 aliphatic heterocycles. The van der Waals surface area contributed by atoms with E-state index in [9.17, 15) is 9.59 Å². The van der Waals surface area contributed by atoms with Crippen LogP contribution in [0.4, 0.5) is 16.2 Å². The van der Waals surface area contributed by atoms with E-state index in [0.717, 1.165) is 17.8 Å². The molecule has 1 aliphatic rings. The van der Waals surface area contributed by atoms with Gasteiger partial charge >= 0.3 is 6.03 Å². The van der Waals surface area contributed by atoms with Crippen LogP contribution in [0.2, 0.25) is 0 Å². The number of nitrogens with zero attached hydrogens (tertiary/aromatic N) is 1. The maximum atomic E-state index is 11.8. The lowest BCUT2D eigenvalue weighted by Crippen LogP contribution is -2.27. The number of benzene rings is 1. The van der Waals surface area contributed by atoms with Gasteiger partial charge in [-0.3, -0.25) is 9.69 Å². The Hall–Kier alpha value is -2.04. The fourth-order valence-electron chi connectivity index (χ4n) is 1.92. The molecule has 5 nitrogen and oxygen atoms in total. The molecule has 19 heavy (non-hydrogen) atoms. The van der Waals surface area contributed by atoms with E-state index in [1.54, 1.807) is 4.90 Å². The summed E-state index contributed by atoms with van der Waals surface area (Å²) >= 11 is 0. The van der Waals surface area contributed by atoms with Gasteiger partial charge in [-0.05, 0) is 24.6 Å². The highest BCUT2D eigenvalue weighted by atomic mass is 16.2. The van der Waals surface area contributed by atoms with Crippen molar-refractivity contribution in [1.82, 2.24) is 5.32 Å². The minimum atomic E-state index is -0.0922. The molecule has 0 saturated carbocycles. The lowest BCUT2D eigenvalue weighted by molar-refractivity contribution is -0.119. The largest absolute Gasteiger partial charge is 0.336 e. The third kappa shape index (κ3) is 3.05. The standard InChI is InChI=1S/C14H19N3O2/c1-3-10(2)13(18)16-11-5-4-6-12(9-11)17-8-7-15-14(17)19/h4-6,9-10H,3,7-8H2,1-2H3,(H,15,19)(H,16,18). The highest BCUT2D eigenvalue weighted by Crippen LogP contribution is 2.21. The van der Waals surface area contributed by atoms with E-state index in [4.69, 9.17) is 0 Å². The molecule has 3 amide bonds. The fraction of sp³-hybridized carbons (Fsp3) is 0.429. The average molecular weight is 261 g/mol. The van der Waals surface area contributed by atoms with E-state index in [1.807, 2.05) is 38.1 Å². The summed E-state index contributed by atoms with van der Waals surface area (Å²) in [7, 11) is 0. The molecule has 0 aliphatic carbocycles. The quantitative estimate of drug-likeness (QED) is 0.872. The van der Waals surface area contributed by atoms with Crippen LogP contribution in [0.25, 0.3) is 0 Å². The maximum Gasteiger partial charge on any atom is 0.321 e. The molecule has 1 saturated heterocycles. The minimum absolute atomic E-state index is 0.00511. The second kappa shape index (κ2) is 5.73. The van der Waals surface area contributed by atoms with E-state index in [2.05, 4.69) is 10.6 Å². The summed E-state index contributed by atoms with van der Waals surface area (Å²) < 4.78 is 0. The molecule has 1 fully saturated rings. The Labute approximate surface area is 113 Å². The van der Waals surface area contributed by atoms with Gasteiger partial charge in [0.1, 0.15) is 0 Å². The van der Waals surface area contributed by atoms with Crippen molar-refractivity contribution in [2.45, 2.75) is 20.3 Å². The molecule has 0 spiro atoms. The van der Waals surface area contributed by atoms with Crippen LogP contribution in [-0.2, 0) is 4.79 Å². The van der Waals surface area contributed by atoms with E-state index in [1.165, 1.54) is 0 Å². The minimum Gasteiger partial charge on any atom is -0.336 e. The number of hydrogen-bond acceptors (Lipinski definition) is 2. The van der Waals surface area contributed by atoms with Gasteiger partial charge in [-0.1, -0.05) is 19.9 Å². The second-order valence-corrected chi connectivity index (χ2v) is 4.73. The SMILES string of the molecule is CCC(C)C(=O)Nc1cccc(N2CCNC2=O)c1. The van der Waals surface area contributed by atoms with Gasteiger partial charge in [0, 0.05) is 30.4 Å². The summed E-state index contributed by atoms with van der Waals surface area (Å²) in [4.78, 5) is 25.1. The van der Waals surface area contributed by atoms with Crippen LogP contribution in [0.3, 0.4) is 0 Å². The van der Waals surface area contributed by atoms with Crippen LogP contribution in [0, 0.1) is 5.92 Å². The van der Waals surface area contributed by atoms with Crippen LogP contribution in [0.15, 0.2) is 24.3 Å². The topological polar surface area (TPSA) is 61.4 Å². The van der Waals surface area contributed by atoms with Gasteiger partial charge in [0.15, 0.2) is 0 Å². The molecule has 1 unspecified atom stereocenters. The number of hydrogen-bond donors (Lipinski definition) is 2. The van der Waals surface area contributed by atoms with Crippen molar-refractivity contribution >= 4 is 23.3 Å². The summed E-state index contributed by atoms with van der Waals surface area (Å²) in [6.45, 7) is 5.19. The zero-order valence-corrected chi connectivity index (χ0v) is 11.3. The second-order valence-electron chi connectivity index (χ2n) is 4.73. The van der Waals surface area contributed by atoms with Crippen molar-refractivity contribution in [3.63, 3.8) is 0 Å². The number of urea groups is 1. The van der Waals surface area contributed by atoms with Gasteiger partial charge in [0.05, 0.1) is 0 Å². The smallest absolute Gasteiger partial charge is 0.321 e. The molecule has 0 aromatic heterocycles. The van der Waals surface area contributed by atoms with Crippen LogP contribution in [-0.4, -0.2) is 25.0 Å². The highest BCUT2D eigenvalue weighted by Gasteiger charge is 2.21. The predicted molar refractivity (Wildman–Crippen MR) is 75.3 cm³/mol. The Kier molecular flexibility index (Phi) is 4.04. The Morgan fingerprint density at radius 2 is 2.32 bits per heavy atom. The third-order valence-electron chi connectivity index (χ3n) is 3.34. The molecule has 5 heteroatoms. The molecule has 1 atom stereocenters. The molecule has 0 radical (unpaired) electrons. The van der Waals surface area contributed by atoms with Crippen molar-refractivity contribution in [3.05, 3.63) is 24.3 Å². The highest BCUT2D eigenvalue weighted by molar-refractivity contribution is 5.96. The number of rotatable bonds is 4. The number of amides is 3. The summed E-state index contributed by atoms with van der Waals surface area (Å²) in [5.41, 5.74) is 1.53. The first-order chi connectivity index (χ1) is 9.11. The molecular formula is C14H19N3O2. The van der Waals surface area contributed by atoms with Gasteiger partial charge in [-0.15, -0.1) is 0 Å². The summed E-state index contributed by atoms with van der Waals surface area (Å²) in [6, 6.07) is 7.27. The normalized spacial score (nSPS) is 16.1. The molecule has 0 bridgehead atoms. The van der Waals surface area contributed by atoms with Gasteiger partial charge in [0.25, 0.3) is 0 Å². The molecule has 2 N–H and O–H groups in total. The van der Waals surface area contributed by atoms with Gasteiger partial charge in [-0.25, -0.2) is 4.79 Å². The predicted octanol–water partition coefficient (Wildman–Crippen LogP) is 2.20. The third-order valence-corrected chi connectivity index (χ3v) is 3.34. The number of carbonyl (C=O) groups is 2. The monoisotopic (exact) mass is 261 g/mol. The zero-order chi connectivity index (χ0) is 13.8. The molecule has 1 aromatic carbocycles. The molecular weight excluding hydrogens is 242 g/mol. The summed E-state index contributed by atoms with van der Waals surface area (Å²) in [5, 5.41) is 5.63. The Morgan fingerprint density at radius 3 is 2.95 bits per heavy atom. The molecule has 102 valence electrons. The summed E-state index contributed by atoms with van der Waals surface area (Å²) in [6.07, 6.45) is 0.806. The van der Waals surface area contributed by atoms with E-state index in [-0.39, 0.29) is 17.9 Å². The molecule has 1 aromatic rings. The number of nitrogens with one attached hydrogen (secondary N) is 2. The van der Waals surface area contributed by atoms with Gasteiger partial charge in [0.2, 0.25) is 5.91 Å². The zero-order valence-electron chi connectivity index (χ0n) is 11.3. The summed E-state index contributed by atoms with van der Waals surface area (Å²) in [5.74, 6) is -0.00994. The fourth-order valence-corrected chi connectivity index (χ4v) is 1.92. The number of carbonyl (C=O) groups excluding carboxylic acids is 2. The average Bonchev–Trinajstić information content (AvgIpc) is 2.84. The molecule has 1 heterocycles. The van der Waals surface area contributed by atoms with Crippen molar-refractivity contribution in [2.24, 2.45) is 5.92 Å². The van der Waals surface area contributed by atoms with Crippen molar-refractivity contribution in [1.29, 1.82) is 0 Å². The van der Waals surface area contributed by atoms with Crippen LogP contribution >= 0.6 is 0 Å². The van der Waals surface area contributed by atoms with E-state index >= 15 is 0 Å². The molecule has 2 rings (SSSR count). The van der Waals surface area contributed by atoms with Crippen LogP contribution in [0.1, 0.15) is 20.3 Å². The van der Waals surface area contributed by atoms with Gasteiger partial charge < -0.3 is 10.6 Å². The first kappa shape index (κ1) is 13.4. The lowest BCUT2D eigenvalue weighted by atomic mass is 10.1. The van der Waals surface area contributed by atoms with Crippen LogP contribution in [0.5, 0.6) is 0 Å². The van der Waals surface area contributed by atoms with Gasteiger partial charge in [-0.2, -0.15) is 0 Å². The lowest BCUT2D eigenvalue weighted by Gasteiger charge is -2.16.